The molecule has 3 aromatic rings. The summed E-state index contributed by atoms with van der Waals surface area (Å²) in [6.45, 7) is 2.82. The van der Waals surface area contributed by atoms with Crippen LogP contribution in [0.3, 0.4) is 0 Å². The molecule has 112 valence electrons. The second-order valence-corrected chi connectivity index (χ2v) is 6.64. The predicted octanol–water partition coefficient (Wildman–Crippen LogP) is 3.68. The van der Waals surface area contributed by atoms with Crippen LogP contribution in [0.5, 0.6) is 0 Å². The number of amides is 1. The molecule has 1 atom stereocenters. The van der Waals surface area contributed by atoms with Gasteiger partial charge in [-0.3, -0.25) is 4.79 Å². The molecule has 0 bridgehead atoms. The zero-order chi connectivity index (χ0) is 15.1. The first-order chi connectivity index (χ1) is 10.7. The Morgan fingerprint density at radius 3 is 3.05 bits per heavy atom. The van der Waals surface area contributed by atoms with E-state index in [9.17, 15) is 4.79 Å². The number of nitrogens with zero attached hydrogens (tertiary/aromatic N) is 3. The molecule has 3 aromatic heterocycles. The average molecular weight is 311 g/mol. The summed E-state index contributed by atoms with van der Waals surface area (Å²) in [5, 5.41) is 1.96. The van der Waals surface area contributed by atoms with Crippen molar-refractivity contribution in [3.63, 3.8) is 0 Å². The maximum Gasteiger partial charge on any atom is 0.264 e. The lowest BCUT2D eigenvalue weighted by Crippen LogP contribution is -2.30. The summed E-state index contributed by atoms with van der Waals surface area (Å²) in [5.74, 6) is 0.145. The first-order valence-electron chi connectivity index (χ1n) is 7.53. The number of thiophene rings is 1. The summed E-state index contributed by atoms with van der Waals surface area (Å²) < 4.78 is 2.13. The first-order valence-corrected chi connectivity index (χ1v) is 8.41. The van der Waals surface area contributed by atoms with Gasteiger partial charge < -0.3 is 9.30 Å². The Morgan fingerprint density at radius 1 is 1.32 bits per heavy atom. The highest BCUT2D eigenvalue weighted by molar-refractivity contribution is 7.12. The number of pyridine rings is 1. The fourth-order valence-electron chi connectivity index (χ4n) is 3.28. The van der Waals surface area contributed by atoms with E-state index in [2.05, 4.69) is 21.6 Å². The number of carbonyl (C=O) groups excluding carboxylic acids is 1. The van der Waals surface area contributed by atoms with Crippen molar-refractivity contribution in [3.8, 4) is 0 Å². The third-order valence-corrected chi connectivity index (χ3v) is 5.09. The molecule has 4 rings (SSSR count). The summed E-state index contributed by atoms with van der Waals surface area (Å²) in [6.07, 6.45) is 4.11. The van der Waals surface area contributed by atoms with Crippen LogP contribution >= 0.6 is 11.3 Å². The molecule has 1 aliphatic heterocycles. The van der Waals surface area contributed by atoms with Crippen LogP contribution in [0, 0.1) is 6.92 Å². The van der Waals surface area contributed by atoms with Crippen LogP contribution in [0.25, 0.3) is 5.65 Å². The molecule has 5 heteroatoms. The summed E-state index contributed by atoms with van der Waals surface area (Å²) in [5.41, 5.74) is 3.10. The smallest absolute Gasteiger partial charge is 0.264 e. The molecule has 0 saturated carbocycles. The molecule has 0 unspecified atom stereocenters. The Labute approximate surface area is 133 Å². The molecule has 0 radical (unpaired) electrons. The zero-order valence-corrected chi connectivity index (χ0v) is 13.2. The number of fused-ring (bicyclic) bond motifs is 1. The molecule has 0 aromatic carbocycles. The minimum atomic E-state index is 0.131. The van der Waals surface area contributed by atoms with E-state index < -0.39 is 0 Å². The fourth-order valence-corrected chi connectivity index (χ4v) is 3.96. The lowest BCUT2D eigenvalue weighted by Gasteiger charge is -2.25. The third-order valence-electron chi connectivity index (χ3n) is 4.23. The van der Waals surface area contributed by atoms with Crippen LogP contribution < -0.4 is 0 Å². The van der Waals surface area contributed by atoms with Gasteiger partial charge in [-0.05, 0) is 43.3 Å². The van der Waals surface area contributed by atoms with Gasteiger partial charge in [-0.1, -0.05) is 12.1 Å². The zero-order valence-electron chi connectivity index (χ0n) is 12.4. The molecule has 22 heavy (non-hydrogen) atoms. The Balaban J connectivity index is 1.75. The molecule has 0 N–H and O–H groups in total. The van der Waals surface area contributed by atoms with Gasteiger partial charge in [-0.2, -0.15) is 0 Å². The predicted molar refractivity (Wildman–Crippen MR) is 87.3 cm³/mol. The van der Waals surface area contributed by atoms with Gasteiger partial charge in [0.05, 0.1) is 16.6 Å². The van der Waals surface area contributed by atoms with Gasteiger partial charge in [0.25, 0.3) is 5.91 Å². The Kier molecular flexibility index (Phi) is 3.22. The van der Waals surface area contributed by atoms with Gasteiger partial charge in [0.1, 0.15) is 5.65 Å². The van der Waals surface area contributed by atoms with Crippen LogP contribution in [0.4, 0.5) is 0 Å². The summed E-state index contributed by atoms with van der Waals surface area (Å²) in [7, 11) is 0. The third kappa shape index (κ3) is 2.13. The van der Waals surface area contributed by atoms with Crippen LogP contribution in [-0.4, -0.2) is 26.7 Å². The van der Waals surface area contributed by atoms with Gasteiger partial charge in [-0.25, -0.2) is 4.98 Å². The van der Waals surface area contributed by atoms with Crippen molar-refractivity contribution in [2.45, 2.75) is 25.8 Å². The monoisotopic (exact) mass is 311 g/mol. The van der Waals surface area contributed by atoms with E-state index in [1.165, 1.54) is 11.3 Å². The minimum absolute atomic E-state index is 0.131. The fraction of sp³-hybridized carbons (Fsp3) is 0.294. The highest BCUT2D eigenvalue weighted by Gasteiger charge is 2.32. The maximum atomic E-state index is 12.7. The molecule has 1 amide bonds. The van der Waals surface area contributed by atoms with E-state index in [0.29, 0.717) is 0 Å². The number of hydrogen-bond donors (Lipinski definition) is 0. The van der Waals surface area contributed by atoms with E-state index in [1.54, 1.807) is 0 Å². The molecule has 0 aliphatic carbocycles. The molecule has 1 saturated heterocycles. The van der Waals surface area contributed by atoms with Gasteiger partial charge >= 0.3 is 0 Å². The summed E-state index contributed by atoms with van der Waals surface area (Å²) in [6, 6.07) is 10.1. The minimum Gasteiger partial charge on any atom is -0.329 e. The lowest BCUT2D eigenvalue weighted by atomic mass is 10.1. The number of likely N-dealkylation sites (tertiary alicyclic amines) is 1. The second kappa shape index (κ2) is 5.25. The normalized spacial score (nSPS) is 18.2. The largest absolute Gasteiger partial charge is 0.329 e. The van der Waals surface area contributed by atoms with Crippen LogP contribution in [0.1, 0.15) is 39.9 Å². The van der Waals surface area contributed by atoms with Crippen molar-refractivity contribution in [1.29, 1.82) is 0 Å². The number of imidazole rings is 1. The standard InChI is InChI=1S/C17H17N3OS/c1-12-11-20-14(5-2-8-16(20)18-12)13-6-3-9-19(13)17(21)15-7-4-10-22-15/h2,4-5,7-8,10-11,13H,3,6,9H2,1H3/t13-/m0/s1. The Bertz CT molecular complexity index is 822. The second-order valence-electron chi connectivity index (χ2n) is 5.70. The molecule has 4 nitrogen and oxygen atoms in total. The number of rotatable bonds is 2. The Morgan fingerprint density at radius 2 is 2.23 bits per heavy atom. The van der Waals surface area contributed by atoms with Gasteiger partial charge in [0.15, 0.2) is 0 Å². The van der Waals surface area contributed by atoms with Gasteiger partial charge in [0, 0.05) is 18.4 Å². The van der Waals surface area contributed by atoms with Crippen LogP contribution in [0.2, 0.25) is 0 Å². The SMILES string of the molecule is Cc1cn2c([C@@H]3CCCN3C(=O)c3cccs3)cccc2n1. The van der Waals surface area contributed by atoms with Crippen molar-refractivity contribution in [1.82, 2.24) is 14.3 Å². The molecule has 4 heterocycles. The van der Waals surface area contributed by atoms with E-state index >= 15 is 0 Å². The first kappa shape index (κ1) is 13.5. The molecular weight excluding hydrogens is 294 g/mol. The number of aromatic nitrogens is 2. The quantitative estimate of drug-likeness (QED) is 0.724. The van der Waals surface area contributed by atoms with E-state index in [-0.39, 0.29) is 11.9 Å². The van der Waals surface area contributed by atoms with E-state index in [0.717, 1.165) is 41.3 Å². The summed E-state index contributed by atoms with van der Waals surface area (Å²) in [4.78, 5) is 20.1. The summed E-state index contributed by atoms with van der Waals surface area (Å²) >= 11 is 1.51. The number of aryl methyl sites for hydroxylation is 1. The van der Waals surface area contributed by atoms with Crippen molar-refractivity contribution < 1.29 is 4.79 Å². The maximum absolute atomic E-state index is 12.7. The molecule has 1 aliphatic rings. The van der Waals surface area contributed by atoms with Crippen molar-refractivity contribution >= 4 is 22.9 Å². The topological polar surface area (TPSA) is 37.6 Å². The number of hydrogen-bond acceptors (Lipinski definition) is 3. The number of carbonyl (C=O) groups is 1. The van der Waals surface area contributed by atoms with E-state index in [1.807, 2.05) is 41.5 Å². The van der Waals surface area contributed by atoms with Crippen molar-refractivity contribution in [2.75, 3.05) is 6.54 Å². The average Bonchev–Trinajstić information content (AvgIpc) is 3.25. The Hall–Kier alpha value is -2.14. The van der Waals surface area contributed by atoms with Gasteiger partial charge in [0.2, 0.25) is 0 Å². The molecule has 1 fully saturated rings. The van der Waals surface area contributed by atoms with E-state index in [4.69, 9.17) is 0 Å². The lowest BCUT2D eigenvalue weighted by molar-refractivity contribution is 0.0737. The van der Waals surface area contributed by atoms with Crippen LogP contribution in [0.15, 0.2) is 41.9 Å². The highest BCUT2D eigenvalue weighted by atomic mass is 32.1. The van der Waals surface area contributed by atoms with Gasteiger partial charge in [-0.15, -0.1) is 11.3 Å². The molecule has 0 spiro atoms. The van der Waals surface area contributed by atoms with Crippen molar-refractivity contribution in [3.05, 3.63) is 58.2 Å². The van der Waals surface area contributed by atoms with Crippen molar-refractivity contribution in [2.24, 2.45) is 0 Å². The van der Waals surface area contributed by atoms with Crippen LogP contribution in [-0.2, 0) is 0 Å². The highest BCUT2D eigenvalue weighted by Crippen LogP contribution is 2.34. The molecular formula is C17H17N3OS.